The highest BCUT2D eigenvalue weighted by molar-refractivity contribution is 6.31. The highest BCUT2D eigenvalue weighted by atomic mass is 35.5. The molecule has 0 radical (unpaired) electrons. The SMILES string of the molecule is Cc1noc(C)c1COC1CCN(C(=O)c2cccc(Cl)c2C)C1. The van der Waals surface area contributed by atoms with Gasteiger partial charge in [-0.1, -0.05) is 22.8 Å². The Morgan fingerprint density at radius 3 is 2.92 bits per heavy atom. The summed E-state index contributed by atoms with van der Waals surface area (Å²) in [7, 11) is 0. The van der Waals surface area contributed by atoms with Crippen LogP contribution in [-0.2, 0) is 11.3 Å². The normalized spacial score (nSPS) is 17.5. The molecule has 128 valence electrons. The lowest BCUT2D eigenvalue weighted by Gasteiger charge is -2.18. The zero-order valence-corrected chi connectivity index (χ0v) is 14.9. The second kappa shape index (κ2) is 6.95. The lowest BCUT2D eigenvalue weighted by Crippen LogP contribution is -2.30. The van der Waals surface area contributed by atoms with E-state index in [9.17, 15) is 4.79 Å². The number of likely N-dealkylation sites (tertiary alicyclic amines) is 1. The van der Waals surface area contributed by atoms with Gasteiger partial charge < -0.3 is 14.2 Å². The van der Waals surface area contributed by atoms with E-state index in [-0.39, 0.29) is 12.0 Å². The molecule has 1 atom stereocenters. The summed E-state index contributed by atoms with van der Waals surface area (Å²) in [6, 6.07) is 5.43. The monoisotopic (exact) mass is 348 g/mol. The highest BCUT2D eigenvalue weighted by Gasteiger charge is 2.29. The number of rotatable bonds is 4. The molecule has 1 saturated heterocycles. The molecule has 1 aliphatic heterocycles. The van der Waals surface area contributed by atoms with E-state index in [1.165, 1.54) is 0 Å². The van der Waals surface area contributed by atoms with Gasteiger partial charge >= 0.3 is 0 Å². The Morgan fingerprint density at radius 2 is 2.21 bits per heavy atom. The molecule has 0 N–H and O–H groups in total. The summed E-state index contributed by atoms with van der Waals surface area (Å²) < 4.78 is 11.1. The quantitative estimate of drug-likeness (QED) is 0.845. The van der Waals surface area contributed by atoms with Crippen LogP contribution in [0.5, 0.6) is 0 Å². The number of aromatic nitrogens is 1. The van der Waals surface area contributed by atoms with Crippen molar-refractivity contribution in [1.82, 2.24) is 10.1 Å². The van der Waals surface area contributed by atoms with Crippen molar-refractivity contribution in [2.24, 2.45) is 0 Å². The van der Waals surface area contributed by atoms with Gasteiger partial charge in [-0.3, -0.25) is 4.79 Å². The zero-order valence-electron chi connectivity index (χ0n) is 14.1. The molecule has 1 amide bonds. The van der Waals surface area contributed by atoms with Crippen molar-refractivity contribution in [2.75, 3.05) is 13.1 Å². The average Bonchev–Trinajstić information content (AvgIpc) is 3.15. The molecule has 2 heterocycles. The van der Waals surface area contributed by atoms with Gasteiger partial charge in [0.05, 0.1) is 18.4 Å². The molecule has 1 fully saturated rings. The van der Waals surface area contributed by atoms with Gasteiger partial charge in [-0.05, 0) is 44.9 Å². The lowest BCUT2D eigenvalue weighted by atomic mass is 10.1. The fourth-order valence-corrected chi connectivity index (χ4v) is 3.14. The summed E-state index contributed by atoms with van der Waals surface area (Å²) in [4.78, 5) is 14.5. The minimum Gasteiger partial charge on any atom is -0.371 e. The van der Waals surface area contributed by atoms with E-state index in [0.717, 1.165) is 29.0 Å². The molecule has 0 aliphatic carbocycles. The van der Waals surface area contributed by atoms with Crippen LogP contribution < -0.4 is 0 Å². The molecule has 0 saturated carbocycles. The highest BCUT2D eigenvalue weighted by Crippen LogP contribution is 2.23. The van der Waals surface area contributed by atoms with Crippen LogP contribution in [0.1, 0.15) is 39.4 Å². The first-order chi connectivity index (χ1) is 11.5. The van der Waals surface area contributed by atoms with Gasteiger partial charge in [0.25, 0.3) is 5.91 Å². The zero-order chi connectivity index (χ0) is 17.3. The van der Waals surface area contributed by atoms with Crippen LogP contribution in [0.15, 0.2) is 22.7 Å². The van der Waals surface area contributed by atoms with Crippen LogP contribution in [-0.4, -0.2) is 35.2 Å². The van der Waals surface area contributed by atoms with E-state index in [2.05, 4.69) is 5.16 Å². The van der Waals surface area contributed by atoms with Crippen LogP contribution >= 0.6 is 11.6 Å². The Labute approximate surface area is 146 Å². The fraction of sp³-hybridized carbons (Fsp3) is 0.444. The third-order valence-corrected chi connectivity index (χ3v) is 4.98. The third kappa shape index (κ3) is 3.32. The van der Waals surface area contributed by atoms with Crippen molar-refractivity contribution in [2.45, 2.75) is 39.9 Å². The Bertz CT molecular complexity index is 737. The number of nitrogens with zero attached hydrogens (tertiary/aromatic N) is 2. The number of ether oxygens (including phenoxy) is 1. The van der Waals surface area contributed by atoms with Crippen molar-refractivity contribution < 1.29 is 14.1 Å². The molecule has 6 heteroatoms. The van der Waals surface area contributed by atoms with E-state index in [1.54, 1.807) is 6.07 Å². The number of halogens is 1. The molecule has 0 spiro atoms. The minimum absolute atomic E-state index is 0.0124. The lowest BCUT2D eigenvalue weighted by molar-refractivity contribution is 0.0430. The van der Waals surface area contributed by atoms with Crippen LogP contribution in [0.4, 0.5) is 0 Å². The molecule has 24 heavy (non-hydrogen) atoms. The summed E-state index contributed by atoms with van der Waals surface area (Å²) in [5.41, 5.74) is 3.33. The van der Waals surface area contributed by atoms with E-state index < -0.39 is 0 Å². The van der Waals surface area contributed by atoms with Crippen LogP contribution in [0.2, 0.25) is 5.02 Å². The van der Waals surface area contributed by atoms with Gasteiger partial charge in [-0.25, -0.2) is 0 Å². The smallest absolute Gasteiger partial charge is 0.254 e. The molecular formula is C18H21ClN2O3. The first kappa shape index (κ1) is 17.0. The van der Waals surface area contributed by atoms with E-state index in [4.69, 9.17) is 20.9 Å². The number of benzene rings is 1. The molecule has 1 aliphatic rings. The second-order valence-electron chi connectivity index (χ2n) is 6.19. The van der Waals surface area contributed by atoms with Gasteiger partial charge in [0, 0.05) is 29.2 Å². The average molecular weight is 349 g/mol. The molecule has 5 nitrogen and oxygen atoms in total. The minimum atomic E-state index is 0.0124. The van der Waals surface area contributed by atoms with Crippen molar-refractivity contribution in [3.63, 3.8) is 0 Å². The maximum atomic E-state index is 12.7. The molecular weight excluding hydrogens is 328 g/mol. The first-order valence-electron chi connectivity index (χ1n) is 8.05. The van der Waals surface area contributed by atoms with Crippen LogP contribution in [0, 0.1) is 20.8 Å². The Balaban J connectivity index is 1.61. The summed E-state index contributed by atoms with van der Waals surface area (Å²) in [6.07, 6.45) is 0.858. The Hall–Kier alpha value is -1.85. The summed E-state index contributed by atoms with van der Waals surface area (Å²) >= 11 is 6.12. The van der Waals surface area contributed by atoms with Gasteiger partial charge in [-0.15, -0.1) is 0 Å². The molecule has 3 rings (SSSR count). The predicted octanol–water partition coefficient (Wildman–Crippen LogP) is 3.68. The summed E-state index contributed by atoms with van der Waals surface area (Å²) in [6.45, 7) is 7.40. The van der Waals surface area contributed by atoms with Crippen LogP contribution in [0.3, 0.4) is 0 Å². The van der Waals surface area contributed by atoms with Gasteiger partial charge in [0.15, 0.2) is 0 Å². The standard InChI is InChI=1S/C18H21ClN2O3/c1-11-15(5-4-6-17(11)19)18(22)21-8-7-14(9-21)23-10-16-12(2)20-24-13(16)3/h4-6,14H,7-10H2,1-3H3. The van der Waals surface area contributed by atoms with Crippen molar-refractivity contribution >= 4 is 17.5 Å². The van der Waals surface area contributed by atoms with E-state index >= 15 is 0 Å². The van der Waals surface area contributed by atoms with Crippen molar-refractivity contribution in [3.05, 3.63) is 51.4 Å². The number of hydrogen-bond acceptors (Lipinski definition) is 4. The maximum absolute atomic E-state index is 12.7. The number of aryl methyl sites for hydroxylation is 2. The van der Waals surface area contributed by atoms with Crippen molar-refractivity contribution in [3.8, 4) is 0 Å². The third-order valence-electron chi connectivity index (χ3n) is 4.57. The summed E-state index contributed by atoms with van der Waals surface area (Å²) in [5, 5.41) is 4.55. The fourth-order valence-electron chi connectivity index (χ4n) is 2.97. The van der Waals surface area contributed by atoms with Gasteiger partial charge in [0.1, 0.15) is 5.76 Å². The molecule has 2 aromatic rings. The van der Waals surface area contributed by atoms with Crippen LogP contribution in [0.25, 0.3) is 0 Å². The summed E-state index contributed by atoms with van der Waals surface area (Å²) in [5.74, 6) is 0.798. The first-order valence-corrected chi connectivity index (χ1v) is 8.43. The van der Waals surface area contributed by atoms with Crippen molar-refractivity contribution in [1.29, 1.82) is 0 Å². The predicted molar refractivity (Wildman–Crippen MR) is 91.3 cm³/mol. The largest absolute Gasteiger partial charge is 0.371 e. The van der Waals surface area contributed by atoms with E-state index in [0.29, 0.717) is 30.3 Å². The molecule has 1 unspecified atom stereocenters. The topological polar surface area (TPSA) is 55.6 Å². The number of amides is 1. The number of carbonyl (C=O) groups excluding carboxylic acids is 1. The Morgan fingerprint density at radius 1 is 1.42 bits per heavy atom. The van der Waals surface area contributed by atoms with Gasteiger partial charge in [-0.2, -0.15) is 0 Å². The molecule has 0 bridgehead atoms. The number of carbonyl (C=O) groups is 1. The van der Waals surface area contributed by atoms with E-state index in [1.807, 2.05) is 37.8 Å². The second-order valence-corrected chi connectivity index (χ2v) is 6.60. The molecule has 1 aromatic carbocycles. The number of hydrogen-bond donors (Lipinski definition) is 0. The van der Waals surface area contributed by atoms with Gasteiger partial charge in [0.2, 0.25) is 0 Å². The maximum Gasteiger partial charge on any atom is 0.254 e. The molecule has 1 aromatic heterocycles. The Kier molecular flexibility index (Phi) is 4.92.